The molecule has 20 heavy (non-hydrogen) atoms. The van der Waals surface area contributed by atoms with E-state index in [4.69, 9.17) is 5.26 Å². The topological polar surface area (TPSA) is 67.7 Å². The van der Waals surface area contributed by atoms with Gasteiger partial charge in [0.1, 0.15) is 0 Å². The van der Waals surface area contributed by atoms with Gasteiger partial charge < -0.3 is 4.90 Å². The standard InChI is InChI=1S/C13H16N4O2S/c14-11-15-7-6-13(10-15)17-9-8-16(20(17,18)19)12-4-2-1-3-5-12/h1-5,13H,6-10H2/t13-/m0/s1. The van der Waals surface area contributed by atoms with E-state index in [-0.39, 0.29) is 6.04 Å². The Morgan fingerprint density at radius 1 is 1.15 bits per heavy atom. The Bertz CT molecular complexity index is 626. The summed E-state index contributed by atoms with van der Waals surface area (Å²) >= 11 is 0. The minimum absolute atomic E-state index is 0.0895. The number of anilines is 1. The summed E-state index contributed by atoms with van der Waals surface area (Å²) in [6, 6.07) is 9.05. The van der Waals surface area contributed by atoms with Crippen molar-refractivity contribution in [1.29, 1.82) is 5.26 Å². The highest BCUT2D eigenvalue weighted by atomic mass is 32.2. The predicted octanol–water partition coefficient (Wildman–Crippen LogP) is 0.609. The molecule has 0 aliphatic carbocycles. The maximum Gasteiger partial charge on any atom is 0.304 e. The molecule has 1 atom stereocenters. The normalized spacial score (nSPS) is 25.9. The third kappa shape index (κ3) is 2.11. The van der Waals surface area contributed by atoms with Gasteiger partial charge in [0.05, 0.1) is 5.69 Å². The van der Waals surface area contributed by atoms with Gasteiger partial charge in [0.15, 0.2) is 6.19 Å². The fraction of sp³-hybridized carbons (Fsp3) is 0.462. The van der Waals surface area contributed by atoms with E-state index in [0.29, 0.717) is 31.9 Å². The maximum absolute atomic E-state index is 12.6. The van der Waals surface area contributed by atoms with Gasteiger partial charge in [0.25, 0.3) is 0 Å². The lowest BCUT2D eigenvalue weighted by Crippen LogP contribution is -2.41. The van der Waals surface area contributed by atoms with Crippen LogP contribution in [0.25, 0.3) is 0 Å². The third-order valence-corrected chi connectivity index (χ3v) is 5.88. The van der Waals surface area contributed by atoms with Crippen molar-refractivity contribution in [2.75, 3.05) is 30.5 Å². The zero-order chi connectivity index (χ0) is 14.2. The van der Waals surface area contributed by atoms with Crippen LogP contribution in [0, 0.1) is 11.5 Å². The van der Waals surface area contributed by atoms with Gasteiger partial charge in [0.2, 0.25) is 0 Å². The lowest BCUT2D eigenvalue weighted by molar-refractivity contribution is 0.345. The molecule has 2 fully saturated rings. The van der Waals surface area contributed by atoms with Crippen molar-refractivity contribution in [3.05, 3.63) is 30.3 Å². The van der Waals surface area contributed by atoms with Crippen LogP contribution in [-0.2, 0) is 10.2 Å². The number of nitriles is 1. The molecule has 2 heterocycles. The Labute approximate surface area is 119 Å². The lowest BCUT2D eigenvalue weighted by atomic mass is 10.2. The fourth-order valence-electron chi connectivity index (χ4n) is 2.84. The third-order valence-electron chi connectivity index (χ3n) is 3.85. The van der Waals surface area contributed by atoms with Crippen LogP contribution >= 0.6 is 0 Å². The van der Waals surface area contributed by atoms with Gasteiger partial charge in [-0.25, -0.2) is 0 Å². The quantitative estimate of drug-likeness (QED) is 0.749. The van der Waals surface area contributed by atoms with Gasteiger partial charge in [-0.3, -0.25) is 4.31 Å². The Balaban J connectivity index is 1.82. The molecule has 1 aromatic carbocycles. The monoisotopic (exact) mass is 292 g/mol. The first-order valence-electron chi connectivity index (χ1n) is 6.62. The second-order valence-corrected chi connectivity index (χ2v) is 6.82. The van der Waals surface area contributed by atoms with Crippen LogP contribution in [0.1, 0.15) is 6.42 Å². The molecular formula is C13H16N4O2S. The van der Waals surface area contributed by atoms with Gasteiger partial charge in [-0.2, -0.15) is 18.0 Å². The molecule has 106 valence electrons. The van der Waals surface area contributed by atoms with Crippen LogP contribution in [0.5, 0.6) is 0 Å². The number of nitrogens with zero attached hydrogens (tertiary/aromatic N) is 4. The summed E-state index contributed by atoms with van der Waals surface area (Å²) in [5.74, 6) is 0. The number of rotatable bonds is 2. The average Bonchev–Trinajstić information content (AvgIpc) is 3.03. The number of benzene rings is 1. The second kappa shape index (κ2) is 4.96. The van der Waals surface area contributed by atoms with Crippen molar-refractivity contribution in [3.63, 3.8) is 0 Å². The van der Waals surface area contributed by atoms with Crippen molar-refractivity contribution in [2.24, 2.45) is 0 Å². The summed E-state index contributed by atoms with van der Waals surface area (Å²) in [6.07, 6.45) is 2.80. The molecule has 3 rings (SSSR count). The zero-order valence-electron chi connectivity index (χ0n) is 11.0. The van der Waals surface area contributed by atoms with E-state index in [1.165, 1.54) is 8.61 Å². The Morgan fingerprint density at radius 3 is 2.55 bits per heavy atom. The summed E-state index contributed by atoms with van der Waals surface area (Å²) in [6.45, 7) is 2.09. The molecule has 0 unspecified atom stereocenters. The smallest absolute Gasteiger partial charge is 0.304 e. The van der Waals surface area contributed by atoms with Crippen molar-refractivity contribution in [3.8, 4) is 6.19 Å². The molecule has 7 heteroatoms. The number of hydrogen-bond donors (Lipinski definition) is 0. The summed E-state index contributed by atoms with van der Waals surface area (Å²) in [4.78, 5) is 1.62. The highest BCUT2D eigenvalue weighted by Gasteiger charge is 2.42. The van der Waals surface area contributed by atoms with Crippen molar-refractivity contribution in [2.45, 2.75) is 12.5 Å². The Hall–Kier alpha value is -1.78. The van der Waals surface area contributed by atoms with Crippen molar-refractivity contribution in [1.82, 2.24) is 9.21 Å². The molecule has 0 spiro atoms. The highest BCUT2D eigenvalue weighted by molar-refractivity contribution is 7.90. The average molecular weight is 292 g/mol. The molecule has 0 amide bonds. The minimum atomic E-state index is -3.47. The summed E-state index contributed by atoms with van der Waals surface area (Å²) in [5.41, 5.74) is 0.699. The number of hydrogen-bond acceptors (Lipinski definition) is 4. The number of likely N-dealkylation sites (tertiary alicyclic amines) is 1. The highest BCUT2D eigenvalue weighted by Crippen LogP contribution is 2.29. The van der Waals surface area contributed by atoms with E-state index in [2.05, 4.69) is 6.19 Å². The van der Waals surface area contributed by atoms with Crippen LogP contribution < -0.4 is 4.31 Å². The first kappa shape index (κ1) is 13.2. The molecular weight excluding hydrogens is 276 g/mol. The minimum Gasteiger partial charge on any atom is -0.309 e. The molecule has 0 bridgehead atoms. The molecule has 0 aromatic heterocycles. The van der Waals surface area contributed by atoms with Gasteiger partial charge in [-0.15, -0.1) is 0 Å². The van der Waals surface area contributed by atoms with E-state index in [1.807, 2.05) is 18.2 Å². The molecule has 0 radical (unpaired) electrons. The zero-order valence-corrected chi connectivity index (χ0v) is 11.8. The van der Waals surface area contributed by atoms with Gasteiger partial charge in [0, 0.05) is 32.2 Å². The van der Waals surface area contributed by atoms with E-state index in [9.17, 15) is 8.42 Å². The first-order chi connectivity index (χ1) is 9.63. The van der Waals surface area contributed by atoms with Gasteiger partial charge in [-0.05, 0) is 18.6 Å². The Kier molecular flexibility index (Phi) is 3.28. The van der Waals surface area contributed by atoms with Crippen molar-refractivity contribution < 1.29 is 8.42 Å². The largest absolute Gasteiger partial charge is 0.309 e. The molecule has 2 aliphatic heterocycles. The molecule has 2 aliphatic rings. The lowest BCUT2D eigenvalue weighted by Gasteiger charge is -2.24. The molecule has 0 saturated carbocycles. The molecule has 0 N–H and O–H groups in total. The van der Waals surface area contributed by atoms with Gasteiger partial charge >= 0.3 is 10.2 Å². The van der Waals surface area contributed by atoms with E-state index < -0.39 is 10.2 Å². The van der Waals surface area contributed by atoms with E-state index in [0.717, 1.165) is 6.42 Å². The summed E-state index contributed by atoms with van der Waals surface area (Å²) in [5, 5.41) is 8.88. The van der Waals surface area contributed by atoms with Crippen LogP contribution in [0.2, 0.25) is 0 Å². The summed E-state index contributed by atoms with van der Waals surface area (Å²) < 4.78 is 28.2. The molecule has 2 saturated heterocycles. The van der Waals surface area contributed by atoms with E-state index >= 15 is 0 Å². The van der Waals surface area contributed by atoms with Crippen LogP contribution in [0.15, 0.2) is 30.3 Å². The number of para-hydroxylation sites is 1. The van der Waals surface area contributed by atoms with Gasteiger partial charge in [-0.1, -0.05) is 18.2 Å². The molecule has 6 nitrogen and oxygen atoms in total. The van der Waals surface area contributed by atoms with Crippen molar-refractivity contribution >= 4 is 15.9 Å². The maximum atomic E-state index is 12.6. The van der Waals surface area contributed by atoms with Crippen LogP contribution in [-0.4, -0.2) is 49.8 Å². The Morgan fingerprint density at radius 2 is 1.90 bits per heavy atom. The van der Waals surface area contributed by atoms with Crippen LogP contribution in [0.4, 0.5) is 5.69 Å². The SMILES string of the molecule is N#CN1CC[C@H](N2CCN(c3ccccc3)S2(=O)=O)C1. The second-order valence-electron chi connectivity index (χ2n) is 5.01. The van der Waals surface area contributed by atoms with E-state index in [1.54, 1.807) is 17.0 Å². The fourth-order valence-corrected chi connectivity index (χ4v) is 4.66. The van der Waals surface area contributed by atoms with Crippen LogP contribution in [0.3, 0.4) is 0 Å². The first-order valence-corrected chi connectivity index (χ1v) is 8.02. The summed E-state index contributed by atoms with van der Waals surface area (Å²) in [7, 11) is -3.47. The molecule has 1 aromatic rings. The predicted molar refractivity (Wildman–Crippen MR) is 75.0 cm³/mol.